The first-order valence-corrected chi connectivity index (χ1v) is 9.47. The number of hydrogen-bond donors (Lipinski definition) is 2. The van der Waals surface area contributed by atoms with Gasteiger partial charge in [0.05, 0.1) is 10.6 Å². The van der Waals surface area contributed by atoms with E-state index in [1.807, 2.05) is 0 Å². The molecule has 1 atom stereocenters. The molecule has 2 rings (SSSR count). The third-order valence-electron chi connectivity index (χ3n) is 3.69. The summed E-state index contributed by atoms with van der Waals surface area (Å²) in [5.41, 5.74) is 0.735. The number of carboxylic acids is 1. The fraction of sp³-hybridized carbons (Fsp3) is 0.222. The van der Waals surface area contributed by atoms with E-state index in [1.54, 1.807) is 30.3 Å². The Kier molecular flexibility index (Phi) is 6.46. The summed E-state index contributed by atoms with van der Waals surface area (Å²) in [4.78, 5) is 23.2. The number of nitrogens with one attached hydrogen (secondary N) is 1. The van der Waals surface area contributed by atoms with Gasteiger partial charge in [-0.3, -0.25) is 4.79 Å². The van der Waals surface area contributed by atoms with E-state index in [0.717, 1.165) is 29.8 Å². The van der Waals surface area contributed by atoms with Gasteiger partial charge in [-0.05, 0) is 29.8 Å². The zero-order valence-electron chi connectivity index (χ0n) is 13.8. The van der Waals surface area contributed by atoms with Crippen molar-refractivity contribution in [2.24, 2.45) is 0 Å². The number of aliphatic carboxylic acids is 1. The number of carbonyl (C=O) groups is 2. The molecule has 0 bridgehead atoms. The Morgan fingerprint density at radius 1 is 1.04 bits per heavy atom. The largest absolute Gasteiger partial charge is 0.480 e. The van der Waals surface area contributed by atoms with E-state index in [0.29, 0.717) is 0 Å². The van der Waals surface area contributed by atoms with Gasteiger partial charge in [0.15, 0.2) is 9.84 Å². The minimum atomic E-state index is -3.76. The van der Waals surface area contributed by atoms with Crippen molar-refractivity contribution < 1.29 is 27.5 Å². The Balaban J connectivity index is 1.95. The van der Waals surface area contributed by atoms with Crippen molar-refractivity contribution in [3.05, 3.63) is 66.0 Å². The molecule has 0 spiro atoms. The Labute approximate surface area is 150 Å². The van der Waals surface area contributed by atoms with Gasteiger partial charge in [0, 0.05) is 12.8 Å². The van der Waals surface area contributed by atoms with Crippen LogP contribution in [0.5, 0.6) is 0 Å². The lowest BCUT2D eigenvalue weighted by atomic mass is 10.1. The highest BCUT2D eigenvalue weighted by Gasteiger charge is 2.22. The fourth-order valence-electron chi connectivity index (χ4n) is 2.30. The molecule has 2 aromatic carbocycles. The van der Waals surface area contributed by atoms with Gasteiger partial charge in [-0.1, -0.05) is 30.3 Å². The highest BCUT2D eigenvalue weighted by molar-refractivity contribution is 7.91. The summed E-state index contributed by atoms with van der Waals surface area (Å²) < 4.78 is 37.2. The maximum Gasteiger partial charge on any atom is 0.326 e. The average molecular weight is 379 g/mol. The predicted octanol–water partition coefficient (Wildman–Crippen LogP) is 1.80. The molecule has 8 heteroatoms. The van der Waals surface area contributed by atoms with Gasteiger partial charge in [-0.2, -0.15) is 0 Å². The Morgan fingerprint density at radius 2 is 1.65 bits per heavy atom. The molecule has 0 fully saturated rings. The van der Waals surface area contributed by atoms with Crippen LogP contribution in [0.2, 0.25) is 0 Å². The Morgan fingerprint density at radius 3 is 2.23 bits per heavy atom. The van der Waals surface area contributed by atoms with Gasteiger partial charge >= 0.3 is 5.97 Å². The molecule has 0 aliphatic rings. The van der Waals surface area contributed by atoms with Crippen LogP contribution in [0, 0.1) is 5.82 Å². The maximum absolute atomic E-state index is 12.9. The molecular formula is C18H18FNO5S. The molecule has 6 nitrogen and oxygen atoms in total. The van der Waals surface area contributed by atoms with Crippen molar-refractivity contribution in [3.8, 4) is 0 Å². The van der Waals surface area contributed by atoms with Gasteiger partial charge in [0.2, 0.25) is 5.91 Å². The third kappa shape index (κ3) is 5.66. The molecule has 0 unspecified atom stereocenters. The summed E-state index contributed by atoms with van der Waals surface area (Å²) in [7, 11) is -3.76. The van der Waals surface area contributed by atoms with Crippen LogP contribution in [0.4, 0.5) is 4.39 Å². The number of benzene rings is 2. The number of halogens is 1. The highest BCUT2D eigenvalue weighted by atomic mass is 32.2. The van der Waals surface area contributed by atoms with Crippen molar-refractivity contribution in [2.45, 2.75) is 23.8 Å². The SMILES string of the molecule is O=C(CCS(=O)(=O)c1ccc(F)cc1)N[C@H](Cc1ccccc1)C(=O)O. The normalized spacial score (nSPS) is 12.3. The Bertz CT molecular complexity index is 866. The van der Waals surface area contributed by atoms with Crippen LogP contribution < -0.4 is 5.32 Å². The van der Waals surface area contributed by atoms with E-state index in [-0.39, 0.29) is 11.3 Å². The van der Waals surface area contributed by atoms with Crippen LogP contribution in [-0.2, 0) is 25.8 Å². The topological polar surface area (TPSA) is 101 Å². The first-order valence-electron chi connectivity index (χ1n) is 7.82. The van der Waals surface area contributed by atoms with Crippen LogP contribution in [0.25, 0.3) is 0 Å². The summed E-state index contributed by atoms with van der Waals surface area (Å²) in [6.45, 7) is 0. The van der Waals surface area contributed by atoms with Crippen molar-refractivity contribution >= 4 is 21.7 Å². The molecule has 0 aliphatic heterocycles. The molecule has 0 heterocycles. The second-order valence-electron chi connectivity index (χ2n) is 5.67. The van der Waals surface area contributed by atoms with Gasteiger partial charge in [0.25, 0.3) is 0 Å². The summed E-state index contributed by atoms with van der Waals surface area (Å²) in [5, 5.41) is 11.6. The first-order chi connectivity index (χ1) is 12.3. The molecule has 0 aliphatic carbocycles. The van der Waals surface area contributed by atoms with Crippen LogP contribution >= 0.6 is 0 Å². The lowest BCUT2D eigenvalue weighted by Gasteiger charge is -2.14. The third-order valence-corrected chi connectivity index (χ3v) is 5.42. The van der Waals surface area contributed by atoms with Crippen molar-refractivity contribution in [3.63, 3.8) is 0 Å². The lowest BCUT2D eigenvalue weighted by molar-refractivity contribution is -0.141. The van der Waals surface area contributed by atoms with Crippen LogP contribution in [0.15, 0.2) is 59.5 Å². The van der Waals surface area contributed by atoms with Gasteiger partial charge in [-0.15, -0.1) is 0 Å². The number of carbonyl (C=O) groups excluding carboxylic acids is 1. The first kappa shape index (κ1) is 19.6. The van der Waals surface area contributed by atoms with Gasteiger partial charge in [0.1, 0.15) is 11.9 Å². The zero-order chi connectivity index (χ0) is 19.2. The van der Waals surface area contributed by atoms with Crippen molar-refractivity contribution in [1.82, 2.24) is 5.32 Å². The van der Waals surface area contributed by atoms with E-state index >= 15 is 0 Å². The van der Waals surface area contributed by atoms with Gasteiger partial charge in [-0.25, -0.2) is 17.6 Å². The summed E-state index contributed by atoms with van der Waals surface area (Å²) in [5.74, 6) is -2.95. The average Bonchev–Trinajstić information content (AvgIpc) is 2.61. The molecule has 138 valence electrons. The zero-order valence-corrected chi connectivity index (χ0v) is 14.6. The van der Waals surface area contributed by atoms with E-state index in [1.165, 1.54) is 0 Å². The number of amides is 1. The van der Waals surface area contributed by atoms with E-state index < -0.39 is 45.7 Å². The predicted molar refractivity (Wildman–Crippen MR) is 92.8 cm³/mol. The van der Waals surface area contributed by atoms with Crippen molar-refractivity contribution in [1.29, 1.82) is 0 Å². The summed E-state index contributed by atoms with van der Waals surface area (Å²) >= 11 is 0. The molecule has 0 saturated carbocycles. The molecule has 1 amide bonds. The van der Waals surface area contributed by atoms with E-state index in [9.17, 15) is 27.5 Å². The summed E-state index contributed by atoms with van der Waals surface area (Å²) in [6.07, 6.45) is -0.301. The monoisotopic (exact) mass is 379 g/mol. The van der Waals surface area contributed by atoms with Crippen LogP contribution in [-0.4, -0.2) is 37.2 Å². The minimum Gasteiger partial charge on any atom is -0.480 e. The van der Waals surface area contributed by atoms with Crippen molar-refractivity contribution in [2.75, 3.05) is 5.75 Å². The van der Waals surface area contributed by atoms with E-state index in [4.69, 9.17) is 0 Å². The smallest absolute Gasteiger partial charge is 0.326 e. The molecule has 26 heavy (non-hydrogen) atoms. The lowest BCUT2D eigenvalue weighted by Crippen LogP contribution is -2.42. The standard InChI is InChI=1S/C18H18FNO5S/c19-14-6-8-15(9-7-14)26(24,25)11-10-17(21)20-16(18(22)23)12-13-4-2-1-3-5-13/h1-9,16H,10-12H2,(H,20,21)(H,22,23)/t16-/m1/s1. The summed E-state index contributed by atoms with van der Waals surface area (Å²) in [6, 6.07) is 11.9. The molecule has 0 aromatic heterocycles. The molecule has 0 saturated heterocycles. The molecule has 2 aromatic rings. The minimum absolute atomic E-state index is 0.0899. The number of carboxylic acid groups (broad SMARTS) is 1. The van der Waals surface area contributed by atoms with E-state index in [2.05, 4.69) is 5.32 Å². The second kappa shape index (κ2) is 8.57. The molecule has 2 N–H and O–H groups in total. The number of rotatable bonds is 8. The van der Waals surface area contributed by atoms with Crippen LogP contribution in [0.1, 0.15) is 12.0 Å². The number of sulfone groups is 1. The fourth-order valence-corrected chi connectivity index (χ4v) is 3.54. The molecular weight excluding hydrogens is 361 g/mol. The van der Waals surface area contributed by atoms with Gasteiger partial charge < -0.3 is 10.4 Å². The quantitative estimate of drug-likeness (QED) is 0.681. The van der Waals surface area contributed by atoms with Crippen LogP contribution in [0.3, 0.4) is 0 Å². The highest BCUT2D eigenvalue weighted by Crippen LogP contribution is 2.13. The number of hydrogen-bond acceptors (Lipinski definition) is 4. The molecule has 0 radical (unpaired) electrons. The maximum atomic E-state index is 12.9. The Hall–Kier alpha value is -2.74. The second-order valence-corrected chi connectivity index (χ2v) is 7.78.